The van der Waals surface area contributed by atoms with Gasteiger partial charge in [-0.05, 0) is 12.8 Å². The van der Waals surface area contributed by atoms with Crippen molar-refractivity contribution in [3.05, 3.63) is 0 Å². The monoisotopic (exact) mass is 297 g/mol. The third-order valence-electron chi connectivity index (χ3n) is 4.51. The summed E-state index contributed by atoms with van der Waals surface area (Å²) in [6.07, 6.45) is 21.5. The fourth-order valence-electron chi connectivity index (χ4n) is 2.98. The maximum Gasteiger partial charge on any atom is 0.0930 e. The molecule has 1 unspecified atom stereocenters. The standard InChI is InChI=1S/C20H41O/c1-3-5-7-9-10-11-12-13-15-17-19-20(21)18-16-14-8-6-4-2/h20H,3-19H2,1-2H3. The highest BCUT2D eigenvalue weighted by Crippen LogP contribution is 2.15. The zero-order valence-electron chi connectivity index (χ0n) is 15.0. The van der Waals surface area contributed by atoms with E-state index in [-0.39, 0.29) is 6.10 Å². The van der Waals surface area contributed by atoms with Gasteiger partial charge in [0.2, 0.25) is 0 Å². The summed E-state index contributed by atoms with van der Waals surface area (Å²) < 4.78 is 0. The summed E-state index contributed by atoms with van der Waals surface area (Å²) in [6, 6.07) is 0. The van der Waals surface area contributed by atoms with E-state index >= 15 is 0 Å². The molecule has 1 nitrogen and oxygen atoms in total. The molecule has 0 aromatic heterocycles. The molecular weight excluding hydrogens is 256 g/mol. The van der Waals surface area contributed by atoms with Gasteiger partial charge >= 0.3 is 0 Å². The van der Waals surface area contributed by atoms with Gasteiger partial charge < -0.3 is 0 Å². The topological polar surface area (TPSA) is 19.9 Å². The average Bonchev–Trinajstić information content (AvgIpc) is 2.49. The molecule has 0 aliphatic rings. The fraction of sp³-hybridized carbons (Fsp3) is 1.00. The molecule has 0 saturated carbocycles. The molecule has 0 bridgehead atoms. The number of rotatable bonds is 17. The van der Waals surface area contributed by atoms with Gasteiger partial charge in [-0.1, -0.05) is 110 Å². The van der Waals surface area contributed by atoms with E-state index in [4.69, 9.17) is 0 Å². The van der Waals surface area contributed by atoms with Crippen LogP contribution in [0, 0.1) is 0 Å². The van der Waals surface area contributed by atoms with Crippen LogP contribution >= 0.6 is 0 Å². The zero-order chi connectivity index (χ0) is 15.6. The van der Waals surface area contributed by atoms with E-state index in [1.165, 1.54) is 89.9 Å². The Morgan fingerprint density at radius 2 is 0.762 bits per heavy atom. The van der Waals surface area contributed by atoms with Gasteiger partial charge in [0.25, 0.3) is 0 Å². The van der Waals surface area contributed by atoms with Crippen molar-refractivity contribution >= 4 is 0 Å². The lowest BCUT2D eigenvalue weighted by Gasteiger charge is -2.08. The maximum atomic E-state index is 11.8. The molecule has 127 valence electrons. The molecule has 1 radical (unpaired) electrons. The van der Waals surface area contributed by atoms with Gasteiger partial charge in [0.15, 0.2) is 0 Å². The first-order chi connectivity index (χ1) is 10.3. The Morgan fingerprint density at radius 3 is 1.10 bits per heavy atom. The summed E-state index contributed by atoms with van der Waals surface area (Å²) in [5.41, 5.74) is 0. The quantitative estimate of drug-likeness (QED) is 0.248. The van der Waals surface area contributed by atoms with Gasteiger partial charge in [-0.15, -0.1) is 0 Å². The van der Waals surface area contributed by atoms with E-state index in [0.29, 0.717) is 0 Å². The van der Waals surface area contributed by atoms with Crippen LogP contribution in [-0.2, 0) is 5.11 Å². The molecule has 0 rings (SSSR count). The second-order valence-corrected chi connectivity index (χ2v) is 6.80. The Hall–Kier alpha value is -0.0400. The molecule has 1 heteroatoms. The van der Waals surface area contributed by atoms with Crippen LogP contribution in [0.3, 0.4) is 0 Å². The Labute approximate surface area is 134 Å². The molecule has 0 amide bonds. The first-order valence-corrected chi connectivity index (χ1v) is 9.97. The van der Waals surface area contributed by atoms with Gasteiger partial charge in [-0.2, -0.15) is 0 Å². The van der Waals surface area contributed by atoms with E-state index in [1.807, 2.05) is 0 Å². The average molecular weight is 298 g/mol. The third-order valence-corrected chi connectivity index (χ3v) is 4.51. The number of unbranched alkanes of at least 4 members (excludes halogenated alkanes) is 13. The first kappa shape index (κ1) is 21.0. The summed E-state index contributed by atoms with van der Waals surface area (Å²) >= 11 is 0. The molecule has 0 saturated heterocycles. The van der Waals surface area contributed by atoms with Gasteiger partial charge in [0.05, 0.1) is 6.10 Å². The summed E-state index contributed by atoms with van der Waals surface area (Å²) in [5.74, 6) is 0. The lowest BCUT2D eigenvalue weighted by atomic mass is 10.0. The zero-order valence-corrected chi connectivity index (χ0v) is 15.0. The molecule has 1 atom stereocenters. The van der Waals surface area contributed by atoms with E-state index < -0.39 is 0 Å². The molecule has 0 aliphatic heterocycles. The summed E-state index contributed by atoms with van der Waals surface area (Å²) in [7, 11) is 0. The van der Waals surface area contributed by atoms with Gasteiger partial charge in [0, 0.05) is 0 Å². The van der Waals surface area contributed by atoms with Crippen molar-refractivity contribution in [3.8, 4) is 0 Å². The lowest BCUT2D eigenvalue weighted by molar-refractivity contribution is 0.0688. The Kier molecular flexibility index (Phi) is 18.0. The van der Waals surface area contributed by atoms with Gasteiger partial charge in [0.1, 0.15) is 0 Å². The molecular formula is C20H41O. The Bertz CT molecular complexity index is 179. The smallest absolute Gasteiger partial charge is 0.0930 e. The van der Waals surface area contributed by atoms with Crippen LogP contribution in [0.4, 0.5) is 0 Å². The van der Waals surface area contributed by atoms with Crippen LogP contribution in [0.1, 0.15) is 123 Å². The van der Waals surface area contributed by atoms with Crippen molar-refractivity contribution in [2.24, 2.45) is 0 Å². The minimum Gasteiger partial charge on any atom is -0.233 e. The molecule has 0 heterocycles. The van der Waals surface area contributed by atoms with Gasteiger partial charge in [-0.25, -0.2) is 5.11 Å². The number of hydrogen-bond acceptors (Lipinski definition) is 0. The molecule has 21 heavy (non-hydrogen) atoms. The predicted molar refractivity (Wildman–Crippen MR) is 94.3 cm³/mol. The molecule has 0 aromatic carbocycles. The second-order valence-electron chi connectivity index (χ2n) is 6.80. The highest BCUT2D eigenvalue weighted by atomic mass is 16.3. The predicted octanol–water partition coefficient (Wildman–Crippen LogP) is 7.46. The highest BCUT2D eigenvalue weighted by molar-refractivity contribution is 4.57. The van der Waals surface area contributed by atoms with Crippen LogP contribution in [0.15, 0.2) is 0 Å². The maximum absolute atomic E-state index is 11.8. The Balaban J connectivity index is 3.09. The second kappa shape index (κ2) is 18.0. The summed E-state index contributed by atoms with van der Waals surface area (Å²) in [6.45, 7) is 4.51. The van der Waals surface area contributed by atoms with Crippen LogP contribution in [0.2, 0.25) is 0 Å². The van der Waals surface area contributed by atoms with Crippen molar-refractivity contribution < 1.29 is 5.11 Å². The molecule has 0 aromatic rings. The number of hydrogen-bond donors (Lipinski definition) is 0. The molecule has 0 fully saturated rings. The van der Waals surface area contributed by atoms with E-state index in [1.54, 1.807) is 0 Å². The lowest BCUT2D eigenvalue weighted by Crippen LogP contribution is -2.04. The molecule has 0 N–H and O–H groups in total. The Morgan fingerprint density at radius 1 is 0.476 bits per heavy atom. The van der Waals surface area contributed by atoms with Crippen molar-refractivity contribution in [2.75, 3.05) is 0 Å². The largest absolute Gasteiger partial charge is 0.233 e. The minimum absolute atomic E-state index is 0.277. The third kappa shape index (κ3) is 17.9. The van der Waals surface area contributed by atoms with E-state index in [2.05, 4.69) is 13.8 Å². The van der Waals surface area contributed by atoms with E-state index in [0.717, 1.165) is 19.3 Å². The van der Waals surface area contributed by atoms with Crippen molar-refractivity contribution in [2.45, 2.75) is 129 Å². The summed E-state index contributed by atoms with van der Waals surface area (Å²) in [4.78, 5) is 0. The highest BCUT2D eigenvalue weighted by Gasteiger charge is 2.05. The van der Waals surface area contributed by atoms with Crippen LogP contribution in [0.5, 0.6) is 0 Å². The summed E-state index contributed by atoms with van der Waals surface area (Å²) in [5, 5.41) is 11.8. The normalized spacial score (nSPS) is 12.7. The van der Waals surface area contributed by atoms with Crippen LogP contribution in [-0.4, -0.2) is 6.10 Å². The fourth-order valence-corrected chi connectivity index (χ4v) is 2.98. The van der Waals surface area contributed by atoms with Crippen molar-refractivity contribution in [3.63, 3.8) is 0 Å². The molecule has 0 spiro atoms. The first-order valence-electron chi connectivity index (χ1n) is 9.97. The van der Waals surface area contributed by atoms with Crippen molar-refractivity contribution in [1.82, 2.24) is 0 Å². The van der Waals surface area contributed by atoms with Crippen molar-refractivity contribution in [1.29, 1.82) is 0 Å². The minimum atomic E-state index is -0.277. The SMILES string of the molecule is CCCCCCCCCCCCC([O])CCCCCCC. The van der Waals surface area contributed by atoms with Crippen LogP contribution < -0.4 is 0 Å². The van der Waals surface area contributed by atoms with E-state index in [9.17, 15) is 5.11 Å². The van der Waals surface area contributed by atoms with Gasteiger partial charge in [-0.3, -0.25) is 0 Å². The van der Waals surface area contributed by atoms with Crippen LogP contribution in [0.25, 0.3) is 0 Å². The molecule has 0 aliphatic carbocycles.